The van der Waals surface area contributed by atoms with E-state index in [1.165, 1.54) is 0 Å². The summed E-state index contributed by atoms with van der Waals surface area (Å²) in [4.78, 5) is 33.3. The van der Waals surface area contributed by atoms with Gasteiger partial charge in [-0.25, -0.2) is 9.97 Å². The molecule has 34 heavy (non-hydrogen) atoms. The Balaban J connectivity index is 1.43. The Kier molecular flexibility index (Phi) is 5.63. The minimum atomic E-state index is -1.07. The largest absolute Gasteiger partial charge is 0.352 e. The molecule has 8 nitrogen and oxygen atoms in total. The summed E-state index contributed by atoms with van der Waals surface area (Å²) in [5.41, 5.74) is 2.63. The maximum absolute atomic E-state index is 13.2. The first-order chi connectivity index (χ1) is 16.0. The number of carbonyl (C=O) groups is 1. The first-order valence-electron chi connectivity index (χ1n) is 11.7. The van der Waals surface area contributed by atoms with E-state index in [0.29, 0.717) is 36.8 Å². The highest BCUT2D eigenvalue weighted by Crippen LogP contribution is 2.47. The van der Waals surface area contributed by atoms with Gasteiger partial charge >= 0.3 is 0 Å². The lowest BCUT2D eigenvalue weighted by Crippen LogP contribution is -2.63. The van der Waals surface area contributed by atoms with Gasteiger partial charge in [0.25, 0.3) is 0 Å². The molecule has 5 rings (SSSR count). The van der Waals surface area contributed by atoms with Crippen LogP contribution in [0.25, 0.3) is 0 Å². The third kappa shape index (κ3) is 3.59. The summed E-state index contributed by atoms with van der Waals surface area (Å²) in [5, 5.41) is 0.633. The summed E-state index contributed by atoms with van der Waals surface area (Å²) < 4.78 is 11.5. The highest BCUT2D eigenvalue weighted by molar-refractivity contribution is 7.88. The van der Waals surface area contributed by atoms with E-state index in [1.54, 1.807) is 6.33 Å². The molecule has 10 heteroatoms. The van der Waals surface area contributed by atoms with E-state index in [1.807, 2.05) is 31.0 Å². The Hall–Kier alpha value is -2.26. The Morgan fingerprint density at radius 3 is 2.53 bits per heavy atom. The van der Waals surface area contributed by atoms with Crippen LogP contribution in [0, 0.1) is 6.92 Å². The van der Waals surface area contributed by atoms with Crippen molar-refractivity contribution in [3.63, 3.8) is 0 Å². The van der Waals surface area contributed by atoms with Gasteiger partial charge in [0.05, 0.1) is 22.6 Å². The zero-order valence-corrected chi connectivity index (χ0v) is 21.9. The second kappa shape index (κ2) is 8.16. The molecule has 0 spiro atoms. The lowest BCUT2D eigenvalue weighted by Gasteiger charge is -2.46. The van der Waals surface area contributed by atoms with Gasteiger partial charge in [-0.3, -0.25) is 14.0 Å². The normalized spacial score (nSPS) is 28.0. The monoisotopic (exact) mass is 502 g/mol. The summed E-state index contributed by atoms with van der Waals surface area (Å²) in [5.74, 6) is 2.44. The summed E-state index contributed by atoms with van der Waals surface area (Å²) in [6.07, 6.45) is 4.16. The van der Waals surface area contributed by atoms with Gasteiger partial charge in [0, 0.05) is 59.8 Å². The number of rotatable bonds is 3. The number of anilines is 3. The van der Waals surface area contributed by atoms with Crippen LogP contribution in [0.3, 0.4) is 0 Å². The molecule has 0 radical (unpaired) electrons. The van der Waals surface area contributed by atoms with Crippen molar-refractivity contribution in [2.45, 2.75) is 57.2 Å². The van der Waals surface area contributed by atoms with Crippen molar-refractivity contribution in [1.29, 1.82) is 0 Å². The topological polar surface area (TPSA) is 82.5 Å². The molecule has 0 saturated carbocycles. The number of pyridine rings is 1. The third-order valence-electron chi connectivity index (χ3n) is 7.52. The van der Waals surface area contributed by atoms with Crippen LogP contribution in [-0.2, 0) is 21.0 Å². The van der Waals surface area contributed by atoms with Crippen molar-refractivity contribution in [3.05, 3.63) is 34.9 Å². The molecular weight excluding hydrogens is 472 g/mol. The fourth-order valence-electron chi connectivity index (χ4n) is 5.28. The SMILES string of the molecule is Cc1ncc(N2CC(C)(C)c3c(N4CCN(C(=O)C5(C)CCS5=O)C(C)C4)ncnc32)cc1Cl. The first kappa shape index (κ1) is 23.5. The number of fused-ring (bicyclic) bond motifs is 1. The van der Waals surface area contributed by atoms with Crippen LogP contribution in [0.4, 0.5) is 17.3 Å². The smallest absolute Gasteiger partial charge is 0.241 e. The molecule has 3 aliphatic rings. The van der Waals surface area contributed by atoms with Crippen molar-refractivity contribution >= 4 is 45.6 Å². The fourth-order valence-corrected chi connectivity index (χ4v) is 6.73. The molecule has 3 aliphatic heterocycles. The lowest BCUT2D eigenvalue weighted by atomic mass is 9.87. The van der Waals surface area contributed by atoms with Crippen LogP contribution < -0.4 is 9.80 Å². The van der Waals surface area contributed by atoms with Crippen LogP contribution in [0.15, 0.2) is 18.6 Å². The molecule has 0 aliphatic carbocycles. The second-order valence-corrected chi connectivity index (χ2v) is 12.9. The van der Waals surface area contributed by atoms with Gasteiger partial charge in [0.15, 0.2) is 0 Å². The maximum atomic E-state index is 13.2. The molecule has 3 atom stereocenters. The van der Waals surface area contributed by atoms with Crippen LogP contribution in [0.2, 0.25) is 5.02 Å². The Morgan fingerprint density at radius 2 is 1.91 bits per heavy atom. The van der Waals surface area contributed by atoms with Crippen LogP contribution in [-0.4, -0.2) is 72.7 Å². The lowest BCUT2D eigenvalue weighted by molar-refractivity contribution is -0.136. The van der Waals surface area contributed by atoms with Gasteiger partial charge < -0.3 is 14.7 Å². The molecule has 0 aromatic carbocycles. The minimum Gasteiger partial charge on any atom is -0.352 e. The van der Waals surface area contributed by atoms with Crippen LogP contribution in [0.5, 0.6) is 0 Å². The number of hydrogen-bond donors (Lipinski definition) is 0. The number of hydrogen-bond acceptors (Lipinski definition) is 7. The van der Waals surface area contributed by atoms with Gasteiger partial charge in [0.1, 0.15) is 22.7 Å². The van der Waals surface area contributed by atoms with Crippen molar-refractivity contribution in [3.8, 4) is 0 Å². The number of aryl methyl sites for hydroxylation is 1. The zero-order chi connectivity index (χ0) is 24.4. The van der Waals surface area contributed by atoms with Gasteiger partial charge in [0.2, 0.25) is 5.91 Å². The zero-order valence-electron chi connectivity index (χ0n) is 20.3. The summed E-state index contributed by atoms with van der Waals surface area (Å²) >= 11 is 6.37. The highest BCUT2D eigenvalue weighted by Gasteiger charge is 2.50. The van der Waals surface area contributed by atoms with E-state index >= 15 is 0 Å². The fraction of sp³-hybridized carbons (Fsp3) is 0.583. The molecule has 1 amide bonds. The molecule has 5 heterocycles. The van der Waals surface area contributed by atoms with Crippen molar-refractivity contribution in [1.82, 2.24) is 19.9 Å². The quantitative estimate of drug-likeness (QED) is 0.637. The average Bonchev–Trinajstić information content (AvgIpc) is 3.09. The van der Waals surface area contributed by atoms with E-state index in [-0.39, 0.29) is 17.4 Å². The second-order valence-electron chi connectivity index (χ2n) is 10.5. The average molecular weight is 503 g/mol. The molecule has 2 aromatic rings. The van der Waals surface area contributed by atoms with E-state index in [9.17, 15) is 9.00 Å². The summed E-state index contributed by atoms with van der Waals surface area (Å²) in [6.45, 7) is 12.9. The van der Waals surface area contributed by atoms with E-state index < -0.39 is 15.5 Å². The number of halogens is 1. The maximum Gasteiger partial charge on any atom is 0.241 e. The van der Waals surface area contributed by atoms with E-state index in [2.05, 4.69) is 40.5 Å². The first-order valence-corrected chi connectivity index (χ1v) is 13.4. The van der Waals surface area contributed by atoms with Gasteiger partial charge in [-0.15, -0.1) is 0 Å². The molecule has 2 aromatic heterocycles. The number of piperazine rings is 1. The molecule has 3 unspecified atom stereocenters. The molecule has 2 fully saturated rings. The van der Waals surface area contributed by atoms with Crippen molar-refractivity contribution in [2.75, 3.05) is 41.7 Å². The highest BCUT2D eigenvalue weighted by atomic mass is 35.5. The molecule has 0 bridgehead atoms. The van der Waals surface area contributed by atoms with Crippen molar-refractivity contribution in [2.24, 2.45) is 0 Å². The minimum absolute atomic E-state index is 0.00186. The Morgan fingerprint density at radius 1 is 1.18 bits per heavy atom. The van der Waals surface area contributed by atoms with E-state index in [4.69, 9.17) is 16.6 Å². The number of aromatic nitrogens is 3. The van der Waals surface area contributed by atoms with Gasteiger partial charge in [-0.05, 0) is 33.3 Å². The Bertz CT molecular complexity index is 1190. The standard InChI is InChI=1S/C24H31ClN6O2S/c1-15-12-29(7-8-30(15)22(32)24(5)6-9-34(24)33)20-19-21(28-14-27-20)31(13-23(19,3)4)17-10-18(25)16(2)26-11-17/h10-11,14-15H,6-9,12-13H2,1-5H3. The number of nitrogens with zero attached hydrogens (tertiary/aromatic N) is 6. The molecule has 2 saturated heterocycles. The van der Waals surface area contributed by atoms with Crippen LogP contribution in [0.1, 0.15) is 45.4 Å². The summed E-state index contributed by atoms with van der Waals surface area (Å²) in [7, 11) is -1.07. The third-order valence-corrected chi connectivity index (χ3v) is 9.86. The predicted octanol–water partition coefficient (Wildman–Crippen LogP) is 3.21. The van der Waals surface area contributed by atoms with Gasteiger partial charge in [-0.1, -0.05) is 25.4 Å². The molecular formula is C24H31ClN6O2S. The van der Waals surface area contributed by atoms with Crippen LogP contribution >= 0.6 is 11.6 Å². The van der Waals surface area contributed by atoms with Gasteiger partial charge in [-0.2, -0.15) is 0 Å². The van der Waals surface area contributed by atoms with E-state index in [0.717, 1.165) is 35.1 Å². The molecule has 182 valence electrons. The number of amides is 1. The Labute approximate surface area is 208 Å². The summed E-state index contributed by atoms with van der Waals surface area (Å²) in [6, 6.07) is 1.94. The predicted molar refractivity (Wildman–Crippen MR) is 135 cm³/mol. The van der Waals surface area contributed by atoms with Crippen molar-refractivity contribution < 1.29 is 9.00 Å². The molecule has 0 N–H and O–H groups in total. The number of carbonyl (C=O) groups excluding carboxylic acids is 1.